The smallest absolute Gasteiger partial charge is 0.253 e. The van der Waals surface area contributed by atoms with Gasteiger partial charge in [0, 0.05) is 42.1 Å². The van der Waals surface area contributed by atoms with Crippen molar-refractivity contribution in [1.82, 2.24) is 10.1 Å². The molecule has 0 unspecified atom stereocenters. The number of likely N-dealkylation sites (tertiary alicyclic amines) is 1. The summed E-state index contributed by atoms with van der Waals surface area (Å²) in [5.41, 5.74) is 7.27. The van der Waals surface area contributed by atoms with Crippen molar-refractivity contribution >= 4 is 16.9 Å². The highest BCUT2D eigenvalue weighted by molar-refractivity contribution is 5.98. The summed E-state index contributed by atoms with van der Waals surface area (Å²) in [4.78, 5) is 14.8. The first kappa shape index (κ1) is 25.5. The van der Waals surface area contributed by atoms with Crippen LogP contribution < -0.4 is 5.73 Å². The molecule has 0 saturated carbocycles. The van der Waals surface area contributed by atoms with Gasteiger partial charge in [-0.3, -0.25) is 4.79 Å². The van der Waals surface area contributed by atoms with Crippen molar-refractivity contribution in [2.45, 2.75) is 38.3 Å². The Balaban J connectivity index is 1.65. The fourth-order valence-corrected chi connectivity index (χ4v) is 4.83. The van der Waals surface area contributed by atoms with Crippen molar-refractivity contribution in [2.75, 3.05) is 13.1 Å². The van der Waals surface area contributed by atoms with Gasteiger partial charge < -0.3 is 20.3 Å². The Morgan fingerprint density at radius 2 is 1.95 bits per heavy atom. The highest BCUT2D eigenvalue weighted by atomic mass is 19.1. The average molecular weight is 517 g/mol. The van der Waals surface area contributed by atoms with E-state index in [9.17, 15) is 14.3 Å². The molecule has 0 radical (unpaired) electrons. The number of hydrogen-bond acceptors (Lipinski definition) is 6. The normalized spacial score (nSPS) is 15.7. The second-order valence-electron chi connectivity index (χ2n) is 10.3. The molecule has 0 aliphatic carbocycles. The minimum Gasteiger partial charge on any atom is -0.390 e. The Bertz CT molecular complexity index is 1600. The predicted molar refractivity (Wildman–Crippen MR) is 138 cm³/mol. The van der Waals surface area contributed by atoms with E-state index < -0.39 is 17.2 Å². The molecule has 38 heavy (non-hydrogen) atoms. The van der Waals surface area contributed by atoms with E-state index >= 15 is 4.39 Å². The first-order valence-corrected chi connectivity index (χ1v) is 12.2. The number of carbonyl (C=O) groups is 1. The number of aromatic nitrogens is 1. The third-order valence-corrected chi connectivity index (χ3v) is 6.70. The highest BCUT2D eigenvalue weighted by Crippen LogP contribution is 2.38. The zero-order chi connectivity index (χ0) is 27.2. The number of nitrogens with zero attached hydrogens (tertiary/aromatic N) is 3. The van der Waals surface area contributed by atoms with Gasteiger partial charge in [0.05, 0.1) is 16.9 Å². The monoisotopic (exact) mass is 516 g/mol. The molecule has 4 aromatic rings. The second kappa shape index (κ2) is 9.63. The molecule has 0 bridgehead atoms. The number of rotatable bonds is 5. The molecule has 1 atom stereocenters. The van der Waals surface area contributed by atoms with Crippen molar-refractivity contribution in [3.8, 4) is 28.3 Å². The first-order chi connectivity index (χ1) is 18.0. The van der Waals surface area contributed by atoms with Crippen molar-refractivity contribution in [1.29, 1.82) is 5.26 Å². The van der Waals surface area contributed by atoms with E-state index in [1.165, 1.54) is 24.3 Å². The Hall–Kier alpha value is -4.13. The maximum Gasteiger partial charge on any atom is 0.253 e. The van der Waals surface area contributed by atoms with Crippen molar-refractivity contribution in [3.05, 3.63) is 77.0 Å². The molecule has 1 aliphatic heterocycles. The lowest BCUT2D eigenvalue weighted by molar-refractivity contribution is 0.0785. The number of hydrogen-bond donors (Lipinski definition) is 2. The van der Waals surface area contributed by atoms with Gasteiger partial charge in [-0.1, -0.05) is 17.3 Å². The van der Waals surface area contributed by atoms with Gasteiger partial charge >= 0.3 is 0 Å². The topological polar surface area (TPSA) is 116 Å². The largest absolute Gasteiger partial charge is 0.390 e. The fraction of sp³-hybridized carbons (Fsp3) is 0.276. The van der Waals surface area contributed by atoms with Crippen LogP contribution in [0.2, 0.25) is 0 Å². The van der Waals surface area contributed by atoms with E-state index in [2.05, 4.69) is 5.16 Å². The van der Waals surface area contributed by atoms with Gasteiger partial charge in [0.25, 0.3) is 5.91 Å². The molecule has 194 valence electrons. The van der Waals surface area contributed by atoms with Crippen LogP contribution in [0.25, 0.3) is 33.2 Å². The van der Waals surface area contributed by atoms with Gasteiger partial charge in [-0.05, 0) is 73.4 Å². The minimum atomic E-state index is -1.06. The summed E-state index contributed by atoms with van der Waals surface area (Å²) in [5, 5.41) is 23.8. The SMILES string of the molecule is CC(C)(O)Cc1noc2cc(-c3ccc(C(=O)N4CC[C@H](N)C4)cc3-c3ccc(C#N)c(F)c3)c(F)cc12. The standard InChI is InChI=1S/C29H26F2N4O3/c1-29(2,37)13-26-23-11-25(31)22(12-27(23)38-34-26)20-6-5-17(28(36)35-8-7-19(33)15-35)9-21(20)16-3-4-18(14-32)24(30)10-16/h3-6,9-12,19,37H,7-8,13,15,33H2,1-2H3/t19-/m0/s1. The van der Waals surface area contributed by atoms with E-state index in [1.807, 2.05) is 0 Å². The molecule has 1 aromatic heterocycles. The van der Waals surface area contributed by atoms with Crippen molar-refractivity contribution in [2.24, 2.45) is 5.73 Å². The van der Waals surface area contributed by atoms with E-state index in [1.54, 1.807) is 49.1 Å². The Morgan fingerprint density at radius 1 is 1.16 bits per heavy atom. The molecule has 1 fully saturated rings. The summed E-state index contributed by atoms with van der Waals surface area (Å²) >= 11 is 0. The molecule has 0 spiro atoms. The number of fused-ring (bicyclic) bond motifs is 1. The molecule has 1 amide bonds. The van der Waals surface area contributed by atoms with Crippen LogP contribution in [0.5, 0.6) is 0 Å². The van der Waals surface area contributed by atoms with Crippen LogP contribution in [0.4, 0.5) is 8.78 Å². The van der Waals surface area contributed by atoms with Crippen molar-refractivity contribution in [3.63, 3.8) is 0 Å². The van der Waals surface area contributed by atoms with Crippen LogP contribution in [0.1, 0.15) is 41.9 Å². The Kier molecular flexibility index (Phi) is 6.47. The number of carbonyl (C=O) groups excluding carboxylic acids is 1. The lowest BCUT2D eigenvalue weighted by Crippen LogP contribution is -2.31. The van der Waals surface area contributed by atoms with Crippen LogP contribution in [-0.4, -0.2) is 45.8 Å². The third kappa shape index (κ3) is 4.88. The minimum absolute atomic E-state index is 0.0886. The Labute approximate surface area is 218 Å². The summed E-state index contributed by atoms with van der Waals surface area (Å²) in [7, 11) is 0. The first-order valence-electron chi connectivity index (χ1n) is 12.2. The number of amides is 1. The second-order valence-corrected chi connectivity index (χ2v) is 10.3. The van der Waals surface area contributed by atoms with Crippen LogP contribution >= 0.6 is 0 Å². The van der Waals surface area contributed by atoms with Gasteiger partial charge in [0.15, 0.2) is 5.58 Å². The molecule has 1 aliphatic rings. The molecular weight excluding hydrogens is 490 g/mol. The Morgan fingerprint density at radius 3 is 2.61 bits per heavy atom. The zero-order valence-electron chi connectivity index (χ0n) is 21.0. The average Bonchev–Trinajstić information content (AvgIpc) is 3.47. The quantitative estimate of drug-likeness (QED) is 0.394. The lowest BCUT2D eigenvalue weighted by atomic mass is 9.91. The summed E-state index contributed by atoms with van der Waals surface area (Å²) < 4.78 is 35.7. The lowest BCUT2D eigenvalue weighted by Gasteiger charge is -2.18. The molecule has 9 heteroatoms. The van der Waals surface area contributed by atoms with Gasteiger partial charge in [-0.2, -0.15) is 5.26 Å². The van der Waals surface area contributed by atoms with Crippen LogP contribution in [0.15, 0.2) is 53.1 Å². The highest BCUT2D eigenvalue weighted by Gasteiger charge is 2.26. The predicted octanol–water partition coefficient (Wildman–Crippen LogP) is 4.80. The zero-order valence-corrected chi connectivity index (χ0v) is 21.0. The number of benzene rings is 3. The molecular formula is C29H26F2N4O3. The van der Waals surface area contributed by atoms with E-state index in [4.69, 9.17) is 15.5 Å². The molecule has 1 saturated heterocycles. The maximum absolute atomic E-state index is 15.6. The molecule has 3 N–H and O–H groups in total. The van der Waals surface area contributed by atoms with E-state index in [0.717, 1.165) is 0 Å². The van der Waals surface area contributed by atoms with Crippen LogP contribution in [0, 0.1) is 23.0 Å². The van der Waals surface area contributed by atoms with E-state index in [-0.39, 0.29) is 29.5 Å². The van der Waals surface area contributed by atoms with Gasteiger partial charge in [-0.25, -0.2) is 8.78 Å². The number of nitrogens with two attached hydrogens (primary N) is 1. The van der Waals surface area contributed by atoms with Gasteiger partial charge in [-0.15, -0.1) is 0 Å². The molecule has 5 rings (SSSR count). The van der Waals surface area contributed by atoms with Gasteiger partial charge in [0.1, 0.15) is 17.7 Å². The van der Waals surface area contributed by atoms with Crippen LogP contribution in [0.3, 0.4) is 0 Å². The maximum atomic E-state index is 15.6. The molecule has 3 aromatic carbocycles. The third-order valence-electron chi connectivity index (χ3n) is 6.70. The summed E-state index contributed by atoms with van der Waals surface area (Å²) in [6, 6.07) is 13.4. The number of halogens is 2. The molecule has 2 heterocycles. The van der Waals surface area contributed by atoms with Crippen LogP contribution in [-0.2, 0) is 6.42 Å². The van der Waals surface area contributed by atoms with E-state index in [0.29, 0.717) is 58.4 Å². The van der Waals surface area contributed by atoms with Crippen molar-refractivity contribution < 1.29 is 23.2 Å². The number of aliphatic hydroxyl groups is 1. The van der Waals surface area contributed by atoms with Gasteiger partial charge in [0.2, 0.25) is 0 Å². The summed E-state index contributed by atoms with van der Waals surface area (Å²) in [6.45, 7) is 4.22. The number of nitriles is 1. The fourth-order valence-electron chi connectivity index (χ4n) is 4.83. The summed E-state index contributed by atoms with van der Waals surface area (Å²) in [6.07, 6.45) is 0.876. The summed E-state index contributed by atoms with van der Waals surface area (Å²) in [5.74, 6) is -1.51. The molecule has 7 nitrogen and oxygen atoms in total.